The molecule has 0 atom stereocenters. The van der Waals surface area contributed by atoms with Crippen molar-refractivity contribution in [1.29, 1.82) is 0 Å². The van der Waals surface area contributed by atoms with Gasteiger partial charge in [-0.15, -0.1) is 0 Å². The second kappa shape index (κ2) is 6.40. The summed E-state index contributed by atoms with van der Waals surface area (Å²) in [4.78, 5) is 0. The van der Waals surface area contributed by atoms with Crippen LogP contribution in [0.15, 0.2) is 59.7 Å². The first-order valence-electron chi connectivity index (χ1n) is 5.92. The molecule has 90 valence electrons. The van der Waals surface area contributed by atoms with E-state index in [4.69, 9.17) is 0 Å². The van der Waals surface area contributed by atoms with Gasteiger partial charge in [0.2, 0.25) is 0 Å². The molecule has 0 aromatic heterocycles. The molecule has 0 radical (unpaired) electrons. The third-order valence-electron chi connectivity index (χ3n) is 2.58. The average Bonchev–Trinajstić information content (AvgIpc) is 2.45. The molecule has 18 heavy (non-hydrogen) atoms. The summed E-state index contributed by atoms with van der Waals surface area (Å²) in [5, 5.41) is 4.05. The standard InChI is InChI=1S/C16H16N2/c1-17-18-13-16-10-6-5-9-15(16)12-11-14-7-3-2-4-8-14/h2-13,17H,1H3/b12-11+,18-13+. The van der Waals surface area contributed by atoms with Gasteiger partial charge in [0.25, 0.3) is 0 Å². The Morgan fingerprint density at radius 1 is 0.833 bits per heavy atom. The molecule has 0 aliphatic carbocycles. The topological polar surface area (TPSA) is 24.4 Å². The van der Waals surface area contributed by atoms with Crippen molar-refractivity contribution < 1.29 is 0 Å². The molecule has 0 aliphatic rings. The van der Waals surface area contributed by atoms with Crippen LogP contribution in [0.1, 0.15) is 16.7 Å². The molecule has 0 saturated heterocycles. The Kier molecular flexibility index (Phi) is 4.31. The van der Waals surface area contributed by atoms with Gasteiger partial charge in [-0.1, -0.05) is 66.7 Å². The van der Waals surface area contributed by atoms with Crippen LogP contribution in [0, 0.1) is 0 Å². The van der Waals surface area contributed by atoms with Crippen molar-refractivity contribution >= 4 is 18.4 Å². The zero-order valence-corrected chi connectivity index (χ0v) is 10.4. The summed E-state index contributed by atoms with van der Waals surface area (Å²) in [6, 6.07) is 18.4. The van der Waals surface area contributed by atoms with Crippen LogP contribution in [0.4, 0.5) is 0 Å². The third-order valence-corrected chi connectivity index (χ3v) is 2.58. The van der Waals surface area contributed by atoms with Crippen molar-refractivity contribution in [3.05, 3.63) is 71.3 Å². The van der Waals surface area contributed by atoms with E-state index in [-0.39, 0.29) is 0 Å². The molecular weight excluding hydrogens is 220 g/mol. The Morgan fingerprint density at radius 3 is 2.22 bits per heavy atom. The number of hydrogen-bond donors (Lipinski definition) is 1. The Morgan fingerprint density at radius 2 is 1.50 bits per heavy atom. The lowest BCUT2D eigenvalue weighted by Gasteiger charge is -2.00. The van der Waals surface area contributed by atoms with Gasteiger partial charge < -0.3 is 5.43 Å². The maximum Gasteiger partial charge on any atom is 0.0546 e. The molecule has 0 saturated carbocycles. The van der Waals surface area contributed by atoms with Crippen LogP contribution in [0.25, 0.3) is 12.2 Å². The van der Waals surface area contributed by atoms with Gasteiger partial charge in [0.05, 0.1) is 6.21 Å². The van der Waals surface area contributed by atoms with Crippen molar-refractivity contribution in [3.63, 3.8) is 0 Å². The Bertz CT molecular complexity index is 542. The van der Waals surface area contributed by atoms with Crippen molar-refractivity contribution in [3.8, 4) is 0 Å². The van der Waals surface area contributed by atoms with E-state index < -0.39 is 0 Å². The molecule has 1 N–H and O–H groups in total. The summed E-state index contributed by atoms with van der Waals surface area (Å²) in [7, 11) is 1.79. The van der Waals surface area contributed by atoms with Gasteiger partial charge in [0.15, 0.2) is 0 Å². The largest absolute Gasteiger partial charge is 0.313 e. The van der Waals surface area contributed by atoms with Crippen molar-refractivity contribution in [2.75, 3.05) is 7.05 Å². The Labute approximate surface area is 108 Å². The third kappa shape index (κ3) is 3.32. The zero-order valence-electron chi connectivity index (χ0n) is 10.4. The summed E-state index contributed by atoms with van der Waals surface area (Å²) in [6.07, 6.45) is 6.03. The van der Waals surface area contributed by atoms with E-state index in [2.05, 4.69) is 40.9 Å². The average molecular weight is 236 g/mol. The molecular formula is C16H16N2. The summed E-state index contributed by atoms with van der Waals surface area (Å²) < 4.78 is 0. The molecule has 2 heteroatoms. The number of rotatable bonds is 4. The Hall–Kier alpha value is -2.35. The van der Waals surface area contributed by atoms with Gasteiger partial charge >= 0.3 is 0 Å². The van der Waals surface area contributed by atoms with Gasteiger partial charge in [0.1, 0.15) is 0 Å². The fourth-order valence-corrected chi connectivity index (χ4v) is 1.66. The number of nitrogens with one attached hydrogen (secondary N) is 1. The van der Waals surface area contributed by atoms with Crippen LogP contribution >= 0.6 is 0 Å². The number of nitrogens with zero attached hydrogens (tertiary/aromatic N) is 1. The lowest BCUT2D eigenvalue weighted by atomic mass is 10.1. The molecule has 0 unspecified atom stereocenters. The van der Waals surface area contributed by atoms with Gasteiger partial charge in [0, 0.05) is 12.6 Å². The van der Waals surface area contributed by atoms with E-state index in [1.807, 2.05) is 42.6 Å². The summed E-state index contributed by atoms with van der Waals surface area (Å²) in [6.45, 7) is 0. The normalized spacial score (nSPS) is 11.2. The van der Waals surface area contributed by atoms with Gasteiger partial charge in [-0.3, -0.25) is 0 Å². The van der Waals surface area contributed by atoms with E-state index in [0.29, 0.717) is 0 Å². The predicted octanol–water partition coefficient (Wildman–Crippen LogP) is 3.41. The monoisotopic (exact) mass is 236 g/mol. The molecule has 0 spiro atoms. The van der Waals surface area contributed by atoms with Crippen molar-refractivity contribution in [2.24, 2.45) is 5.10 Å². The second-order valence-electron chi connectivity index (χ2n) is 3.85. The molecule has 2 nitrogen and oxygen atoms in total. The van der Waals surface area contributed by atoms with E-state index in [9.17, 15) is 0 Å². The maximum atomic E-state index is 4.05. The van der Waals surface area contributed by atoms with Crippen LogP contribution in [0.5, 0.6) is 0 Å². The van der Waals surface area contributed by atoms with Crippen LogP contribution in [0.3, 0.4) is 0 Å². The van der Waals surface area contributed by atoms with Crippen LogP contribution in [-0.4, -0.2) is 13.3 Å². The first-order valence-corrected chi connectivity index (χ1v) is 5.92. The van der Waals surface area contributed by atoms with Crippen molar-refractivity contribution in [1.82, 2.24) is 5.43 Å². The maximum absolute atomic E-state index is 4.05. The minimum atomic E-state index is 1.10. The molecule has 0 bridgehead atoms. The predicted molar refractivity (Wildman–Crippen MR) is 78.5 cm³/mol. The first kappa shape index (κ1) is 12.1. The Balaban J connectivity index is 2.24. The van der Waals surface area contributed by atoms with Gasteiger partial charge in [-0.05, 0) is 11.1 Å². The molecule has 0 fully saturated rings. The molecule has 0 heterocycles. The van der Waals surface area contributed by atoms with E-state index >= 15 is 0 Å². The minimum Gasteiger partial charge on any atom is -0.313 e. The molecule has 0 amide bonds. The lowest BCUT2D eigenvalue weighted by molar-refractivity contribution is 0.908. The molecule has 2 aromatic rings. The zero-order chi connectivity index (χ0) is 12.6. The molecule has 2 rings (SSSR count). The quantitative estimate of drug-likeness (QED) is 0.491. The van der Waals surface area contributed by atoms with Gasteiger partial charge in [-0.25, -0.2) is 0 Å². The first-order chi connectivity index (χ1) is 8.90. The van der Waals surface area contributed by atoms with E-state index in [0.717, 1.165) is 11.1 Å². The van der Waals surface area contributed by atoms with E-state index in [1.165, 1.54) is 5.56 Å². The SMILES string of the molecule is CN/N=C/c1ccccc1/C=C/c1ccccc1. The van der Waals surface area contributed by atoms with Crippen LogP contribution in [-0.2, 0) is 0 Å². The van der Waals surface area contributed by atoms with E-state index in [1.54, 1.807) is 7.05 Å². The molecule has 0 aliphatic heterocycles. The fraction of sp³-hybridized carbons (Fsp3) is 0.0625. The lowest BCUT2D eigenvalue weighted by Crippen LogP contribution is -1.95. The number of hydrazone groups is 1. The summed E-state index contributed by atoms with van der Waals surface area (Å²) in [5.41, 5.74) is 6.20. The van der Waals surface area contributed by atoms with Crippen LogP contribution < -0.4 is 5.43 Å². The molecule has 2 aromatic carbocycles. The fourth-order valence-electron chi connectivity index (χ4n) is 1.66. The number of benzene rings is 2. The highest BCUT2D eigenvalue weighted by atomic mass is 15.3. The number of hydrogen-bond acceptors (Lipinski definition) is 2. The minimum absolute atomic E-state index is 1.10. The van der Waals surface area contributed by atoms with Gasteiger partial charge in [-0.2, -0.15) is 5.10 Å². The summed E-state index contributed by atoms with van der Waals surface area (Å²) >= 11 is 0. The highest BCUT2D eigenvalue weighted by Gasteiger charge is 1.94. The second-order valence-corrected chi connectivity index (χ2v) is 3.85. The summed E-state index contributed by atoms with van der Waals surface area (Å²) in [5.74, 6) is 0. The van der Waals surface area contributed by atoms with Crippen LogP contribution in [0.2, 0.25) is 0 Å². The smallest absolute Gasteiger partial charge is 0.0546 e. The highest BCUT2D eigenvalue weighted by Crippen LogP contribution is 2.11. The van der Waals surface area contributed by atoms with Crippen molar-refractivity contribution in [2.45, 2.75) is 0 Å². The highest BCUT2D eigenvalue weighted by molar-refractivity contribution is 5.87.